The minimum absolute atomic E-state index is 0.0739. The maximum absolute atomic E-state index is 10.3. The molecule has 0 aliphatic rings. The average Bonchev–Trinajstić information content (AvgIpc) is 2.24. The van der Waals surface area contributed by atoms with Gasteiger partial charge in [0.25, 0.3) is 0 Å². The molecule has 90 valence electrons. The highest BCUT2D eigenvalue weighted by atomic mass is 16.1. The van der Waals surface area contributed by atoms with Gasteiger partial charge in [0, 0.05) is 0 Å². The van der Waals surface area contributed by atoms with E-state index in [1.807, 2.05) is 6.92 Å². The van der Waals surface area contributed by atoms with Crippen LogP contribution in [0.2, 0.25) is 0 Å². The highest BCUT2D eigenvalue weighted by Crippen LogP contribution is 2.36. The lowest BCUT2D eigenvalue weighted by molar-refractivity contribution is 0.162. The van der Waals surface area contributed by atoms with E-state index in [1.54, 1.807) is 12.2 Å². The van der Waals surface area contributed by atoms with Crippen LogP contribution in [-0.2, 0) is 9.59 Å². The van der Waals surface area contributed by atoms with Crippen LogP contribution >= 0.6 is 0 Å². The van der Waals surface area contributed by atoms with E-state index >= 15 is 0 Å². The van der Waals surface area contributed by atoms with Gasteiger partial charge in [-0.3, -0.25) is 0 Å². The van der Waals surface area contributed by atoms with Gasteiger partial charge < -0.3 is 0 Å². The minimum Gasteiger partial charge on any atom is -0.211 e. The van der Waals surface area contributed by atoms with Crippen molar-refractivity contribution in [1.29, 1.82) is 0 Å². The largest absolute Gasteiger partial charge is 0.235 e. The fraction of sp³-hybridized carbons (Fsp3) is 0.833. The fourth-order valence-corrected chi connectivity index (χ4v) is 1.95. The van der Waals surface area contributed by atoms with Crippen LogP contribution in [0.3, 0.4) is 0 Å². The van der Waals surface area contributed by atoms with E-state index in [-0.39, 0.29) is 11.5 Å². The molecule has 0 aliphatic carbocycles. The van der Waals surface area contributed by atoms with Gasteiger partial charge in [0.1, 0.15) is 0 Å². The highest BCUT2D eigenvalue weighted by Gasteiger charge is 2.33. The van der Waals surface area contributed by atoms with Crippen LogP contribution in [0.4, 0.5) is 0 Å². The summed E-state index contributed by atoms with van der Waals surface area (Å²) in [5.41, 5.74) is -0.0927. The molecule has 4 heteroatoms. The first-order chi connectivity index (χ1) is 7.50. The summed E-state index contributed by atoms with van der Waals surface area (Å²) in [7, 11) is 0. The zero-order valence-electron chi connectivity index (χ0n) is 10.5. The van der Waals surface area contributed by atoms with Crippen LogP contribution in [0.15, 0.2) is 9.98 Å². The van der Waals surface area contributed by atoms with E-state index in [2.05, 4.69) is 30.8 Å². The van der Waals surface area contributed by atoms with Gasteiger partial charge in [0.05, 0.1) is 12.6 Å². The molecule has 4 nitrogen and oxygen atoms in total. The van der Waals surface area contributed by atoms with Crippen molar-refractivity contribution in [2.75, 3.05) is 6.54 Å². The third-order valence-corrected chi connectivity index (χ3v) is 3.52. The van der Waals surface area contributed by atoms with E-state index in [0.29, 0.717) is 12.5 Å². The molecule has 2 atom stereocenters. The smallest absolute Gasteiger partial charge is 0.211 e. The second-order valence-electron chi connectivity index (χ2n) is 4.58. The van der Waals surface area contributed by atoms with Gasteiger partial charge >= 0.3 is 0 Å². The first kappa shape index (κ1) is 14.8. The lowest BCUT2D eigenvalue weighted by atomic mass is 9.71. The maximum Gasteiger partial charge on any atom is 0.235 e. The normalized spacial score (nSPS) is 14.5. The molecule has 0 saturated carbocycles. The number of isocyanates is 2. The molecule has 0 aromatic rings. The molecule has 0 heterocycles. The summed E-state index contributed by atoms with van der Waals surface area (Å²) in [5, 5.41) is 0. The standard InChI is InChI=1S/C12H20N2O2/c1-5-11(6-7-13-8-15)12(3,4)10(2)14-9-16/h10-11H,5-7H2,1-4H3. The Morgan fingerprint density at radius 1 is 1.25 bits per heavy atom. The summed E-state index contributed by atoms with van der Waals surface area (Å²) in [4.78, 5) is 27.6. The summed E-state index contributed by atoms with van der Waals surface area (Å²) < 4.78 is 0. The first-order valence-electron chi connectivity index (χ1n) is 5.61. The van der Waals surface area contributed by atoms with Crippen molar-refractivity contribution in [1.82, 2.24) is 0 Å². The van der Waals surface area contributed by atoms with Crippen molar-refractivity contribution in [3.63, 3.8) is 0 Å². The minimum atomic E-state index is -0.0927. The number of hydrogen-bond acceptors (Lipinski definition) is 4. The molecule has 0 aromatic carbocycles. The molecule has 0 rings (SSSR count). The Labute approximate surface area is 96.9 Å². The van der Waals surface area contributed by atoms with Gasteiger partial charge in [-0.1, -0.05) is 27.2 Å². The Kier molecular flexibility index (Phi) is 6.55. The van der Waals surface area contributed by atoms with E-state index in [9.17, 15) is 9.59 Å². The van der Waals surface area contributed by atoms with Crippen molar-refractivity contribution in [3.8, 4) is 0 Å². The summed E-state index contributed by atoms with van der Waals surface area (Å²) >= 11 is 0. The monoisotopic (exact) mass is 224 g/mol. The Bertz CT molecular complexity index is 300. The van der Waals surface area contributed by atoms with E-state index in [0.717, 1.165) is 12.8 Å². The molecular weight excluding hydrogens is 204 g/mol. The second-order valence-corrected chi connectivity index (χ2v) is 4.58. The zero-order valence-corrected chi connectivity index (χ0v) is 10.5. The van der Waals surface area contributed by atoms with Gasteiger partial charge in [0.15, 0.2) is 0 Å². The van der Waals surface area contributed by atoms with Crippen LogP contribution in [0.1, 0.15) is 40.5 Å². The summed E-state index contributed by atoms with van der Waals surface area (Å²) in [6, 6.07) is -0.0739. The molecule has 0 N–H and O–H groups in total. The zero-order chi connectivity index (χ0) is 12.6. The molecular formula is C12H20N2O2. The van der Waals surface area contributed by atoms with Crippen molar-refractivity contribution >= 4 is 12.2 Å². The predicted molar refractivity (Wildman–Crippen MR) is 62.8 cm³/mol. The number of hydrogen-bond donors (Lipinski definition) is 0. The van der Waals surface area contributed by atoms with Gasteiger partial charge in [-0.25, -0.2) is 19.6 Å². The third kappa shape index (κ3) is 4.09. The Morgan fingerprint density at radius 3 is 2.31 bits per heavy atom. The van der Waals surface area contributed by atoms with E-state index in [4.69, 9.17) is 0 Å². The summed E-state index contributed by atoms with van der Waals surface area (Å²) in [6.07, 6.45) is 4.94. The second kappa shape index (κ2) is 7.10. The predicted octanol–water partition coefficient (Wildman–Crippen LogP) is 2.49. The molecule has 16 heavy (non-hydrogen) atoms. The number of nitrogens with zero attached hydrogens (tertiary/aromatic N) is 2. The molecule has 0 radical (unpaired) electrons. The van der Waals surface area contributed by atoms with Crippen molar-refractivity contribution in [2.24, 2.45) is 21.3 Å². The van der Waals surface area contributed by atoms with Gasteiger partial charge in [-0.15, -0.1) is 0 Å². The van der Waals surface area contributed by atoms with Crippen molar-refractivity contribution in [3.05, 3.63) is 0 Å². The molecule has 0 aromatic heterocycles. The maximum atomic E-state index is 10.3. The van der Waals surface area contributed by atoms with Crippen LogP contribution < -0.4 is 0 Å². The lowest BCUT2D eigenvalue weighted by Gasteiger charge is -2.36. The highest BCUT2D eigenvalue weighted by molar-refractivity contribution is 5.34. The average molecular weight is 224 g/mol. The van der Waals surface area contributed by atoms with E-state index in [1.165, 1.54) is 0 Å². The van der Waals surface area contributed by atoms with Crippen LogP contribution in [0.25, 0.3) is 0 Å². The Hall–Kier alpha value is -1.24. The number of aliphatic imine (C=N–C) groups is 2. The van der Waals surface area contributed by atoms with Gasteiger partial charge in [-0.2, -0.15) is 0 Å². The Balaban J connectivity index is 4.63. The molecule has 0 spiro atoms. The lowest BCUT2D eigenvalue weighted by Crippen LogP contribution is -2.34. The first-order valence-corrected chi connectivity index (χ1v) is 5.61. The topological polar surface area (TPSA) is 58.9 Å². The van der Waals surface area contributed by atoms with Gasteiger partial charge in [0.2, 0.25) is 12.2 Å². The van der Waals surface area contributed by atoms with Crippen LogP contribution in [0, 0.1) is 11.3 Å². The SMILES string of the molecule is CCC(CCN=C=O)C(C)(C)C(C)N=C=O. The summed E-state index contributed by atoms with van der Waals surface area (Å²) in [6.45, 7) is 8.66. The quantitative estimate of drug-likeness (QED) is 0.492. The summed E-state index contributed by atoms with van der Waals surface area (Å²) in [5.74, 6) is 0.372. The molecule has 0 amide bonds. The molecule has 0 fully saturated rings. The van der Waals surface area contributed by atoms with Crippen molar-refractivity contribution in [2.45, 2.75) is 46.6 Å². The fourth-order valence-electron chi connectivity index (χ4n) is 1.95. The third-order valence-electron chi connectivity index (χ3n) is 3.52. The number of rotatable bonds is 7. The molecule has 0 saturated heterocycles. The van der Waals surface area contributed by atoms with Crippen LogP contribution in [-0.4, -0.2) is 24.7 Å². The molecule has 0 aliphatic heterocycles. The molecule has 2 unspecified atom stereocenters. The van der Waals surface area contributed by atoms with Crippen molar-refractivity contribution < 1.29 is 9.59 Å². The van der Waals surface area contributed by atoms with E-state index < -0.39 is 0 Å². The molecule has 0 bridgehead atoms. The van der Waals surface area contributed by atoms with Gasteiger partial charge in [-0.05, 0) is 24.7 Å². The van der Waals surface area contributed by atoms with Crippen LogP contribution in [0.5, 0.6) is 0 Å². The number of carbonyl (C=O) groups excluding carboxylic acids is 2. The Morgan fingerprint density at radius 2 is 1.88 bits per heavy atom.